The highest BCUT2D eigenvalue weighted by molar-refractivity contribution is 7.90. The lowest BCUT2D eigenvalue weighted by atomic mass is 9.95. The van der Waals surface area contributed by atoms with Crippen molar-refractivity contribution < 1.29 is 8.42 Å². The molecule has 2 bridgehead atoms. The van der Waals surface area contributed by atoms with Crippen LogP contribution in [-0.4, -0.2) is 18.7 Å². The van der Waals surface area contributed by atoms with E-state index in [1.54, 1.807) is 0 Å². The van der Waals surface area contributed by atoms with Crippen molar-refractivity contribution >= 4 is 10.0 Å². The van der Waals surface area contributed by atoms with E-state index in [2.05, 4.69) is 0 Å². The molecule has 2 saturated carbocycles. The summed E-state index contributed by atoms with van der Waals surface area (Å²) in [7, 11) is -3.39. The molecule has 0 aromatic carbocycles. The van der Waals surface area contributed by atoms with Crippen LogP contribution in [0.3, 0.4) is 0 Å². The normalized spacial score (nSPS) is 46.8. The largest absolute Gasteiger partial charge is 0.325 e. The third-order valence-electron chi connectivity index (χ3n) is 3.43. The molecule has 2 rings (SSSR count). The summed E-state index contributed by atoms with van der Waals surface area (Å²) >= 11 is 0. The molecule has 0 aliphatic heterocycles. The van der Waals surface area contributed by atoms with Crippen LogP contribution in [0.1, 0.15) is 32.1 Å². The van der Waals surface area contributed by atoms with Gasteiger partial charge in [-0.1, -0.05) is 0 Å². The van der Waals surface area contributed by atoms with Crippen molar-refractivity contribution in [1.29, 1.82) is 0 Å². The second-order valence-corrected chi connectivity index (χ2v) is 6.22. The Bertz CT molecular complexity index is 301. The van der Waals surface area contributed by atoms with Crippen LogP contribution < -0.4 is 10.9 Å². The summed E-state index contributed by atoms with van der Waals surface area (Å²) in [6, 6.07) is 0. The van der Waals surface area contributed by atoms with Gasteiger partial charge in [0.1, 0.15) is 0 Å². The Balaban J connectivity index is 2.39. The number of fused-ring (bicyclic) bond motifs is 2. The van der Waals surface area contributed by atoms with Gasteiger partial charge in [-0.05, 0) is 32.1 Å². The zero-order valence-electron chi connectivity index (χ0n) is 6.91. The SMILES string of the molecule is NC12CCC(S(N)(=O)=O)(CC1)C2. The van der Waals surface area contributed by atoms with E-state index < -0.39 is 14.8 Å². The van der Waals surface area contributed by atoms with Gasteiger partial charge in [-0.3, -0.25) is 0 Å². The molecular weight excluding hydrogens is 176 g/mol. The molecule has 0 spiro atoms. The molecule has 12 heavy (non-hydrogen) atoms. The zero-order valence-corrected chi connectivity index (χ0v) is 7.73. The minimum atomic E-state index is -3.39. The highest BCUT2D eigenvalue weighted by atomic mass is 32.2. The van der Waals surface area contributed by atoms with E-state index in [1.807, 2.05) is 0 Å². The minimum absolute atomic E-state index is 0.230. The third kappa shape index (κ3) is 0.932. The van der Waals surface area contributed by atoms with Gasteiger partial charge in [0.25, 0.3) is 0 Å². The smallest absolute Gasteiger partial charge is 0.214 e. The van der Waals surface area contributed by atoms with Gasteiger partial charge in [0.2, 0.25) is 10.0 Å². The monoisotopic (exact) mass is 190 g/mol. The van der Waals surface area contributed by atoms with Crippen molar-refractivity contribution in [2.75, 3.05) is 0 Å². The first-order valence-electron chi connectivity index (χ1n) is 4.18. The maximum absolute atomic E-state index is 11.3. The third-order valence-corrected chi connectivity index (χ3v) is 5.19. The average molecular weight is 190 g/mol. The summed E-state index contributed by atoms with van der Waals surface area (Å²) in [5, 5.41) is 5.19. The van der Waals surface area contributed by atoms with Crippen molar-refractivity contribution in [3.8, 4) is 0 Å². The lowest BCUT2D eigenvalue weighted by Crippen LogP contribution is -2.39. The lowest BCUT2D eigenvalue weighted by Gasteiger charge is -2.23. The molecule has 0 aromatic rings. The van der Waals surface area contributed by atoms with E-state index in [1.165, 1.54) is 0 Å². The van der Waals surface area contributed by atoms with E-state index in [0.29, 0.717) is 19.3 Å². The number of nitrogens with two attached hydrogens (primary N) is 2. The first-order valence-corrected chi connectivity index (χ1v) is 5.73. The van der Waals surface area contributed by atoms with Crippen LogP contribution in [0.2, 0.25) is 0 Å². The van der Waals surface area contributed by atoms with Gasteiger partial charge < -0.3 is 5.73 Å². The molecule has 0 saturated heterocycles. The Morgan fingerprint density at radius 3 is 1.75 bits per heavy atom. The van der Waals surface area contributed by atoms with Crippen molar-refractivity contribution in [2.24, 2.45) is 10.9 Å². The Hall–Kier alpha value is -0.130. The molecule has 4 N–H and O–H groups in total. The fraction of sp³-hybridized carbons (Fsp3) is 1.00. The second-order valence-electron chi connectivity index (χ2n) is 4.27. The van der Waals surface area contributed by atoms with Gasteiger partial charge in [0, 0.05) is 5.54 Å². The van der Waals surface area contributed by atoms with Crippen molar-refractivity contribution in [1.82, 2.24) is 0 Å². The molecule has 0 heterocycles. The van der Waals surface area contributed by atoms with Gasteiger partial charge in [-0.25, -0.2) is 13.6 Å². The molecular formula is C7H14N2O2S. The van der Waals surface area contributed by atoms with Gasteiger partial charge in [0.05, 0.1) is 4.75 Å². The molecule has 0 radical (unpaired) electrons. The highest BCUT2D eigenvalue weighted by Gasteiger charge is 2.58. The maximum Gasteiger partial charge on any atom is 0.214 e. The molecule has 70 valence electrons. The summed E-state index contributed by atoms with van der Waals surface area (Å²) in [4.78, 5) is 0. The first kappa shape index (κ1) is 8.47. The Labute approximate surface area is 72.4 Å². The highest BCUT2D eigenvalue weighted by Crippen LogP contribution is 2.52. The fourth-order valence-electron chi connectivity index (χ4n) is 2.58. The molecule has 0 aromatic heterocycles. The van der Waals surface area contributed by atoms with E-state index in [9.17, 15) is 8.42 Å². The predicted molar refractivity (Wildman–Crippen MR) is 45.8 cm³/mol. The summed E-state index contributed by atoms with van der Waals surface area (Å²) in [5.41, 5.74) is 5.73. The van der Waals surface area contributed by atoms with Crippen LogP contribution in [0.15, 0.2) is 0 Å². The number of hydrogen-bond acceptors (Lipinski definition) is 3. The van der Waals surface area contributed by atoms with E-state index in [-0.39, 0.29) is 5.54 Å². The van der Waals surface area contributed by atoms with Crippen molar-refractivity contribution in [3.05, 3.63) is 0 Å². The van der Waals surface area contributed by atoms with Gasteiger partial charge in [-0.2, -0.15) is 0 Å². The summed E-state index contributed by atoms with van der Waals surface area (Å²) in [6.45, 7) is 0. The molecule has 2 aliphatic carbocycles. The van der Waals surface area contributed by atoms with Crippen LogP contribution in [0.5, 0.6) is 0 Å². The predicted octanol–water partition coefficient (Wildman–Crippen LogP) is -0.311. The first-order chi connectivity index (χ1) is 5.37. The minimum Gasteiger partial charge on any atom is -0.325 e. The van der Waals surface area contributed by atoms with E-state index in [0.717, 1.165) is 12.8 Å². The number of primary sulfonamides is 1. The molecule has 0 unspecified atom stereocenters. The van der Waals surface area contributed by atoms with E-state index >= 15 is 0 Å². The van der Waals surface area contributed by atoms with Crippen LogP contribution in [-0.2, 0) is 10.0 Å². The second kappa shape index (κ2) is 2.02. The molecule has 2 aliphatic rings. The summed E-state index contributed by atoms with van der Waals surface area (Å²) in [6.07, 6.45) is 3.50. The number of rotatable bonds is 1. The van der Waals surface area contributed by atoms with Gasteiger partial charge in [-0.15, -0.1) is 0 Å². The fourth-order valence-corrected chi connectivity index (χ4v) is 3.85. The summed E-state index contributed by atoms with van der Waals surface area (Å²) < 4.78 is 21.9. The standard InChI is InChI=1S/C7H14N2O2S/c8-6-1-3-7(5-6,4-2-6)12(9,10)11/h1-5,8H2,(H2,9,10,11). The molecule has 0 amide bonds. The van der Waals surface area contributed by atoms with E-state index in [4.69, 9.17) is 10.9 Å². The molecule has 0 atom stereocenters. The van der Waals surface area contributed by atoms with Gasteiger partial charge >= 0.3 is 0 Å². The number of sulfonamides is 1. The zero-order chi connectivity index (χ0) is 9.04. The van der Waals surface area contributed by atoms with Crippen LogP contribution in [0, 0.1) is 0 Å². The average Bonchev–Trinajstić information content (AvgIpc) is 2.40. The van der Waals surface area contributed by atoms with Crippen molar-refractivity contribution in [2.45, 2.75) is 42.4 Å². The van der Waals surface area contributed by atoms with Crippen LogP contribution in [0.4, 0.5) is 0 Å². The lowest BCUT2D eigenvalue weighted by molar-refractivity contribution is 0.420. The quantitative estimate of drug-likeness (QED) is 0.594. The van der Waals surface area contributed by atoms with Crippen LogP contribution >= 0.6 is 0 Å². The Morgan fingerprint density at radius 1 is 1.08 bits per heavy atom. The molecule has 2 fully saturated rings. The Morgan fingerprint density at radius 2 is 1.58 bits per heavy atom. The van der Waals surface area contributed by atoms with Crippen LogP contribution in [0.25, 0.3) is 0 Å². The maximum atomic E-state index is 11.3. The number of hydrogen-bond donors (Lipinski definition) is 2. The molecule has 5 heteroatoms. The topological polar surface area (TPSA) is 86.2 Å². The van der Waals surface area contributed by atoms with Gasteiger partial charge in [0.15, 0.2) is 0 Å². The Kier molecular flexibility index (Phi) is 1.43. The van der Waals surface area contributed by atoms with Crippen molar-refractivity contribution in [3.63, 3.8) is 0 Å². The summed E-state index contributed by atoms with van der Waals surface area (Å²) in [5.74, 6) is 0. The molecule has 4 nitrogen and oxygen atoms in total.